The average molecular weight is 183 g/mol. The third-order valence-electron chi connectivity index (χ3n) is 3.01. The van der Waals surface area contributed by atoms with Gasteiger partial charge < -0.3 is 5.32 Å². The van der Waals surface area contributed by atoms with E-state index in [4.69, 9.17) is 0 Å². The van der Waals surface area contributed by atoms with Crippen LogP contribution in [-0.4, -0.2) is 11.9 Å². The van der Waals surface area contributed by atoms with Crippen LogP contribution in [0.1, 0.15) is 12.8 Å². The smallest absolute Gasteiger partial charge is 0.170 e. The predicted octanol–water partition coefficient (Wildman–Crippen LogP) is 1.96. The predicted molar refractivity (Wildman–Crippen MR) is 57.0 cm³/mol. The van der Waals surface area contributed by atoms with Gasteiger partial charge in [-0.05, 0) is 24.0 Å². The molecule has 1 atom stereocenters. The Morgan fingerprint density at radius 1 is 1.43 bits per heavy atom. The molecule has 0 amide bonds. The first-order chi connectivity index (χ1) is 6.92. The lowest BCUT2D eigenvalue weighted by Gasteiger charge is -2.40. The number of hydrogen-bond acceptors (Lipinski definition) is 2. The summed E-state index contributed by atoms with van der Waals surface area (Å²) in [7, 11) is 0. The fourth-order valence-corrected chi connectivity index (χ4v) is 2.28. The van der Waals surface area contributed by atoms with Crippen LogP contribution in [0.25, 0.3) is 0 Å². The molecule has 0 aromatic rings. The molecule has 0 bridgehead atoms. The van der Waals surface area contributed by atoms with Crippen LogP contribution in [0.2, 0.25) is 0 Å². The number of hydrogen-bond donors (Lipinski definition) is 1. The molecule has 3 aliphatic rings. The zero-order chi connectivity index (χ0) is 9.43. The fraction of sp³-hybridized carbons (Fsp3) is 0.250. The van der Waals surface area contributed by atoms with Crippen LogP contribution in [0, 0.1) is 0 Å². The van der Waals surface area contributed by atoms with E-state index < -0.39 is 0 Å². The van der Waals surface area contributed by atoms with Gasteiger partial charge >= 0.3 is 0 Å². The minimum absolute atomic E-state index is 0.130. The molecule has 1 N–H and O–H groups in total. The minimum Gasteiger partial charge on any atom is -0.350 e. The summed E-state index contributed by atoms with van der Waals surface area (Å²) >= 11 is 0. The Bertz CT molecular complexity index is 410. The van der Waals surface area contributed by atoms with Crippen molar-refractivity contribution in [2.45, 2.75) is 18.4 Å². The Balaban J connectivity index is 2.18. The standard InChI is InChI=1S/C12H11N2/c1-2-7-12-10(4-1)5-3-6-11(12)8-13-9-14-12/h1-2,4-5,7-8H,3,6H2,(H,13,14). The van der Waals surface area contributed by atoms with Crippen LogP contribution in [0.4, 0.5) is 0 Å². The largest absolute Gasteiger partial charge is 0.350 e. The number of rotatable bonds is 0. The van der Waals surface area contributed by atoms with E-state index in [1.54, 1.807) is 0 Å². The Kier molecular flexibility index (Phi) is 1.51. The molecule has 3 rings (SSSR count). The second-order valence-corrected chi connectivity index (χ2v) is 3.74. The van der Waals surface area contributed by atoms with Gasteiger partial charge in [-0.1, -0.05) is 30.4 Å². The monoisotopic (exact) mass is 183 g/mol. The molecular weight excluding hydrogens is 172 g/mol. The van der Waals surface area contributed by atoms with Gasteiger partial charge in [-0.15, -0.1) is 0 Å². The summed E-state index contributed by atoms with van der Waals surface area (Å²) in [6, 6.07) is 0. The molecule has 14 heavy (non-hydrogen) atoms. The summed E-state index contributed by atoms with van der Waals surface area (Å²) in [5, 5.41) is 3.25. The Morgan fingerprint density at radius 3 is 3.43 bits per heavy atom. The normalized spacial score (nSPS) is 32.6. The van der Waals surface area contributed by atoms with Crippen LogP contribution in [0.5, 0.6) is 0 Å². The van der Waals surface area contributed by atoms with Gasteiger partial charge in [-0.25, -0.2) is 4.99 Å². The first kappa shape index (κ1) is 7.80. The van der Waals surface area contributed by atoms with Gasteiger partial charge in [0.25, 0.3) is 0 Å². The molecule has 69 valence electrons. The highest BCUT2D eigenvalue weighted by molar-refractivity contribution is 5.68. The van der Waals surface area contributed by atoms with E-state index in [9.17, 15) is 0 Å². The van der Waals surface area contributed by atoms with E-state index in [-0.39, 0.29) is 5.54 Å². The minimum atomic E-state index is -0.130. The molecule has 1 radical (unpaired) electrons. The second-order valence-electron chi connectivity index (χ2n) is 3.74. The van der Waals surface area contributed by atoms with Crippen molar-refractivity contribution in [1.29, 1.82) is 0 Å². The third-order valence-corrected chi connectivity index (χ3v) is 3.01. The lowest BCUT2D eigenvalue weighted by atomic mass is 9.74. The van der Waals surface area contributed by atoms with Gasteiger partial charge in [0.1, 0.15) is 5.54 Å². The summed E-state index contributed by atoms with van der Waals surface area (Å²) < 4.78 is 0. The third kappa shape index (κ3) is 0.882. The molecule has 0 aromatic heterocycles. The fourth-order valence-electron chi connectivity index (χ4n) is 2.28. The van der Waals surface area contributed by atoms with Gasteiger partial charge in [0, 0.05) is 6.20 Å². The Labute approximate surface area is 83.4 Å². The molecule has 1 aliphatic heterocycles. The zero-order valence-electron chi connectivity index (χ0n) is 7.83. The molecule has 1 heterocycles. The highest BCUT2D eigenvalue weighted by Gasteiger charge is 2.37. The maximum absolute atomic E-state index is 4.04. The van der Waals surface area contributed by atoms with Crippen molar-refractivity contribution >= 4 is 6.34 Å². The van der Waals surface area contributed by atoms with Crippen LogP contribution in [0.15, 0.2) is 52.7 Å². The van der Waals surface area contributed by atoms with Gasteiger partial charge in [0.2, 0.25) is 0 Å². The highest BCUT2D eigenvalue weighted by atomic mass is 15.0. The Hall–Kier alpha value is -1.57. The molecule has 2 aliphatic carbocycles. The van der Waals surface area contributed by atoms with Crippen molar-refractivity contribution in [3.63, 3.8) is 0 Å². The van der Waals surface area contributed by atoms with Crippen molar-refractivity contribution in [1.82, 2.24) is 5.32 Å². The van der Waals surface area contributed by atoms with Crippen molar-refractivity contribution in [2.24, 2.45) is 4.99 Å². The molecule has 2 heteroatoms. The van der Waals surface area contributed by atoms with Crippen LogP contribution < -0.4 is 5.32 Å². The number of nitrogens with zero attached hydrogens (tertiary/aromatic N) is 1. The first-order valence-corrected chi connectivity index (χ1v) is 4.90. The lowest BCUT2D eigenvalue weighted by Crippen LogP contribution is -2.49. The van der Waals surface area contributed by atoms with Crippen molar-refractivity contribution < 1.29 is 0 Å². The molecule has 1 spiro atoms. The van der Waals surface area contributed by atoms with Crippen molar-refractivity contribution in [3.05, 3.63) is 47.7 Å². The molecule has 0 fully saturated rings. The van der Waals surface area contributed by atoms with Gasteiger partial charge in [0.05, 0.1) is 0 Å². The van der Waals surface area contributed by atoms with Crippen LogP contribution >= 0.6 is 0 Å². The summed E-state index contributed by atoms with van der Waals surface area (Å²) in [6.45, 7) is 0. The zero-order valence-corrected chi connectivity index (χ0v) is 7.83. The van der Waals surface area contributed by atoms with Crippen molar-refractivity contribution in [3.8, 4) is 0 Å². The summed E-state index contributed by atoms with van der Waals surface area (Å²) in [4.78, 5) is 4.04. The van der Waals surface area contributed by atoms with E-state index in [1.165, 1.54) is 11.1 Å². The second kappa shape index (κ2) is 2.71. The van der Waals surface area contributed by atoms with Gasteiger partial charge in [-0.3, -0.25) is 0 Å². The summed E-state index contributed by atoms with van der Waals surface area (Å²) in [5.41, 5.74) is 2.53. The SMILES string of the molecule is [C]1=NC=C2CCC=C3C=CC=CC32N1. The topological polar surface area (TPSA) is 24.4 Å². The van der Waals surface area contributed by atoms with Crippen LogP contribution in [0.3, 0.4) is 0 Å². The number of allylic oxidation sites excluding steroid dienone is 3. The molecule has 1 unspecified atom stereocenters. The van der Waals surface area contributed by atoms with E-state index in [0.29, 0.717) is 0 Å². The van der Waals surface area contributed by atoms with E-state index in [1.807, 2.05) is 6.20 Å². The van der Waals surface area contributed by atoms with Gasteiger partial charge in [0.15, 0.2) is 6.34 Å². The Morgan fingerprint density at radius 2 is 2.43 bits per heavy atom. The van der Waals surface area contributed by atoms with Gasteiger partial charge in [-0.2, -0.15) is 0 Å². The molecule has 0 saturated heterocycles. The highest BCUT2D eigenvalue weighted by Crippen LogP contribution is 2.38. The maximum atomic E-state index is 4.04. The van der Waals surface area contributed by atoms with Crippen LogP contribution in [-0.2, 0) is 0 Å². The quantitative estimate of drug-likeness (QED) is 0.610. The number of nitrogens with one attached hydrogen (secondary N) is 1. The lowest BCUT2D eigenvalue weighted by molar-refractivity contribution is 0.588. The molecule has 0 aromatic carbocycles. The van der Waals surface area contributed by atoms with E-state index in [0.717, 1.165) is 12.8 Å². The molecule has 0 saturated carbocycles. The molecule has 2 nitrogen and oxygen atoms in total. The van der Waals surface area contributed by atoms with Crippen molar-refractivity contribution in [2.75, 3.05) is 0 Å². The van der Waals surface area contributed by atoms with E-state index >= 15 is 0 Å². The summed E-state index contributed by atoms with van der Waals surface area (Å²) in [6.07, 6.45) is 17.8. The maximum Gasteiger partial charge on any atom is 0.170 e. The summed E-state index contributed by atoms with van der Waals surface area (Å²) in [5.74, 6) is 0. The average Bonchev–Trinajstić information content (AvgIpc) is 2.26. The first-order valence-electron chi connectivity index (χ1n) is 4.90. The van der Waals surface area contributed by atoms with E-state index in [2.05, 4.69) is 47.0 Å². The molecular formula is C12H11N2. The number of aliphatic imine (C=N–C) groups is 1.